The average Bonchev–Trinajstić information content (AvgIpc) is 3.30. The van der Waals surface area contributed by atoms with Gasteiger partial charge in [-0.05, 0) is 28.1 Å². The molecule has 4 aromatic rings. The third-order valence-electron chi connectivity index (χ3n) is 4.48. The number of nitrogens with one attached hydrogen (secondary N) is 1. The molecule has 0 bridgehead atoms. The summed E-state index contributed by atoms with van der Waals surface area (Å²) in [7, 11) is 1.85. The molecule has 4 rings (SSSR count). The first-order chi connectivity index (χ1) is 14.2. The Morgan fingerprint density at radius 3 is 2.90 bits per heavy atom. The number of pyridine rings is 1. The van der Waals surface area contributed by atoms with Crippen molar-refractivity contribution in [3.8, 4) is 22.9 Å². The van der Waals surface area contributed by atoms with Crippen LogP contribution in [0, 0.1) is 0 Å². The van der Waals surface area contributed by atoms with E-state index in [-0.39, 0.29) is 0 Å². The Labute approximate surface area is 176 Å². The second-order valence-electron chi connectivity index (χ2n) is 6.40. The summed E-state index contributed by atoms with van der Waals surface area (Å²) in [5.74, 6) is 1.50. The minimum atomic E-state index is 0.500. The predicted octanol–water partition coefficient (Wildman–Crippen LogP) is 4.61. The number of aromatic amines is 1. The smallest absolute Gasteiger partial charge is 0.221 e. The lowest BCUT2D eigenvalue weighted by Gasteiger charge is -2.11. The summed E-state index contributed by atoms with van der Waals surface area (Å²) in [5.41, 5.74) is 3.39. The van der Waals surface area contributed by atoms with Crippen LogP contribution in [0.15, 0.2) is 53.9 Å². The van der Waals surface area contributed by atoms with Gasteiger partial charge in [-0.1, -0.05) is 30.9 Å². The SMILES string of the molecule is C=Cc1ccccc1OCCCOc1c(-c2cc3c(Br)[nH]nc3cn2)cnn1C. The number of benzene rings is 1. The zero-order valence-electron chi connectivity index (χ0n) is 15.9. The number of aromatic nitrogens is 5. The summed E-state index contributed by atoms with van der Waals surface area (Å²) < 4.78 is 14.4. The minimum absolute atomic E-state index is 0.500. The van der Waals surface area contributed by atoms with E-state index in [0.717, 1.165) is 44.5 Å². The minimum Gasteiger partial charge on any atom is -0.493 e. The Morgan fingerprint density at radius 1 is 1.21 bits per heavy atom. The van der Waals surface area contributed by atoms with Crippen molar-refractivity contribution in [3.63, 3.8) is 0 Å². The van der Waals surface area contributed by atoms with Crippen LogP contribution < -0.4 is 9.47 Å². The predicted molar refractivity (Wildman–Crippen MR) is 116 cm³/mol. The molecule has 0 aliphatic rings. The first kappa shape index (κ1) is 19.2. The second-order valence-corrected chi connectivity index (χ2v) is 7.20. The summed E-state index contributed by atoms with van der Waals surface area (Å²) in [6.07, 6.45) is 6.01. The summed E-state index contributed by atoms with van der Waals surface area (Å²) in [6, 6.07) is 9.78. The maximum absolute atomic E-state index is 6.01. The van der Waals surface area contributed by atoms with Crippen LogP contribution >= 0.6 is 15.9 Å². The summed E-state index contributed by atoms with van der Waals surface area (Å²) >= 11 is 3.47. The van der Waals surface area contributed by atoms with Gasteiger partial charge in [0.2, 0.25) is 5.88 Å². The van der Waals surface area contributed by atoms with Gasteiger partial charge >= 0.3 is 0 Å². The van der Waals surface area contributed by atoms with E-state index >= 15 is 0 Å². The first-order valence-corrected chi connectivity index (χ1v) is 9.95. The molecule has 3 heterocycles. The second kappa shape index (κ2) is 8.48. The fourth-order valence-corrected chi connectivity index (χ4v) is 3.40. The van der Waals surface area contributed by atoms with E-state index in [2.05, 4.69) is 42.8 Å². The highest BCUT2D eigenvalue weighted by Crippen LogP contribution is 2.31. The molecule has 148 valence electrons. The topological polar surface area (TPSA) is 77.8 Å². The van der Waals surface area contributed by atoms with Gasteiger partial charge in [-0.15, -0.1) is 0 Å². The number of hydrogen-bond acceptors (Lipinski definition) is 5. The van der Waals surface area contributed by atoms with Crippen molar-refractivity contribution in [2.45, 2.75) is 6.42 Å². The lowest BCUT2D eigenvalue weighted by atomic mass is 10.2. The molecule has 0 saturated carbocycles. The van der Waals surface area contributed by atoms with E-state index in [0.29, 0.717) is 19.1 Å². The van der Waals surface area contributed by atoms with Gasteiger partial charge in [-0.3, -0.25) is 10.1 Å². The van der Waals surface area contributed by atoms with E-state index in [1.807, 2.05) is 37.4 Å². The highest BCUT2D eigenvalue weighted by molar-refractivity contribution is 9.10. The number of fused-ring (bicyclic) bond motifs is 1. The van der Waals surface area contributed by atoms with Crippen molar-refractivity contribution in [2.75, 3.05) is 13.2 Å². The summed E-state index contributed by atoms with van der Waals surface area (Å²) in [4.78, 5) is 4.50. The monoisotopic (exact) mass is 453 g/mol. The fraction of sp³-hybridized carbons (Fsp3) is 0.190. The van der Waals surface area contributed by atoms with Crippen LogP contribution in [-0.4, -0.2) is 38.2 Å². The van der Waals surface area contributed by atoms with E-state index in [9.17, 15) is 0 Å². The van der Waals surface area contributed by atoms with Crippen LogP contribution in [0.3, 0.4) is 0 Å². The van der Waals surface area contributed by atoms with Crippen LogP contribution in [0.25, 0.3) is 28.2 Å². The molecule has 0 radical (unpaired) electrons. The maximum atomic E-state index is 6.01. The largest absolute Gasteiger partial charge is 0.493 e. The molecular formula is C21H20BrN5O2. The van der Waals surface area contributed by atoms with Crippen LogP contribution in [0.5, 0.6) is 11.6 Å². The molecule has 1 aromatic carbocycles. The number of para-hydroxylation sites is 1. The highest BCUT2D eigenvalue weighted by atomic mass is 79.9. The lowest BCUT2D eigenvalue weighted by Crippen LogP contribution is -2.08. The van der Waals surface area contributed by atoms with Crippen LogP contribution in [0.4, 0.5) is 0 Å². The third-order valence-corrected chi connectivity index (χ3v) is 5.08. The van der Waals surface area contributed by atoms with Crippen LogP contribution in [-0.2, 0) is 7.05 Å². The van der Waals surface area contributed by atoms with Crippen LogP contribution in [0.1, 0.15) is 12.0 Å². The summed E-state index contributed by atoms with van der Waals surface area (Å²) in [6.45, 7) is 4.86. The summed E-state index contributed by atoms with van der Waals surface area (Å²) in [5, 5.41) is 12.4. The van der Waals surface area contributed by atoms with E-state index < -0.39 is 0 Å². The zero-order valence-corrected chi connectivity index (χ0v) is 17.5. The zero-order chi connectivity index (χ0) is 20.2. The molecule has 0 fully saturated rings. The van der Waals surface area contributed by atoms with Gasteiger partial charge in [0.25, 0.3) is 0 Å². The van der Waals surface area contributed by atoms with Crippen molar-refractivity contribution in [1.29, 1.82) is 0 Å². The quantitative estimate of drug-likeness (QED) is 0.394. The number of aryl methyl sites for hydroxylation is 1. The normalized spacial score (nSPS) is 11.0. The standard InChI is InChI=1S/C21H20BrN5O2/c1-3-14-7-4-5-8-19(14)28-9-6-10-29-21-16(12-24-27(21)2)17-11-15-18(13-23-17)25-26-20(15)22/h3-5,7-8,11-13H,1,6,9-10H2,2H3,(H,25,26). The van der Waals surface area contributed by atoms with Crippen molar-refractivity contribution in [3.05, 3.63) is 59.5 Å². The molecule has 29 heavy (non-hydrogen) atoms. The molecule has 0 amide bonds. The van der Waals surface area contributed by atoms with Gasteiger partial charge in [-0.2, -0.15) is 10.2 Å². The number of halogens is 1. The molecule has 0 unspecified atom stereocenters. The van der Waals surface area contributed by atoms with Gasteiger partial charge in [0, 0.05) is 24.4 Å². The molecule has 0 spiro atoms. The third kappa shape index (κ3) is 4.02. The molecule has 0 saturated heterocycles. The van der Waals surface area contributed by atoms with Crippen LogP contribution in [0.2, 0.25) is 0 Å². The average molecular weight is 454 g/mol. The van der Waals surface area contributed by atoms with E-state index in [1.54, 1.807) is 23.2 Å². The number of nitrogens with zero attached hydrogens (tertiary/aromatic N) is 4. The molecule has 7 nitrogen and oxygen atoms in total. The van der Waals surface area contributed by atoms with Gasteiger partial charge in [0.15, 0.2) is 0 Å². The molecule has 8 heteroatoms. The van der Waals surface area contributed by atoms with Crippen molar-refractivity contribution >= 4 is 32.9 Å². The Morgan fingerprint density at radius 2 is 2.03 bits per heavy atom. The number of hydrogen-bond donors (Lipinski definition) is 1. The van der Waals surface area contributed by atoms with Crippen molar-refractivity contribution < 1.29 is 9.47 Å². The van der Waals surface area contributed by atoms with Crippen molar-refractivity contribution in [2.24, 2.45) is 7.05 Å². The molecule has 0 aliphatic heterocycles. The lowest BCUT2D eigenvalue weighted by molar-refractivity contribution is 0.236. The van der Waals surface area contributed by atoms with Gasteiger partial charge in [0.1, 0.15) is 15.9 Å². The Bertz CT molecular complexity index is 1150. The van der Waals surface area contributed by atoms with E-state index in [4.69, 9.17) is 9.47 Å². The highest BCUT2D eigenvalue weighted by Gasteiger charge is 2.15. The van der Waals surface area contributed by atoms with Gasteiger partial charge < -0.3 is 9.47 Å². The maximum Gasteiger partial charge on any atom is 0.221 e. The molecule has 3 aromatic heterocycles. The number of rotatable bonds is 8. The van der Waals surface area contributed by atoms with E-state index in [1.165, 1.54) is 0 Å². The molecular weight excluding hydrogens is 434 g/mol. The fourth-order valence-electron chi connectivity index (χ4n) is 2.99. The molecule has 0 atom stereocenters. The Kier molecular flexibility index (Phi) is 5.62. The number of ether oxygens (including phenoxy) is 2. The molecule has 1 N–H and O–H groups in total. The number of H-pyrrole nitrogens is 1. The van der Waals surface area contributed by atoms with Crippen molar-refractivity contribution in [1.82, 2.24) is 25.0 Å². The Balaban J connectivity index is 1.41. The van der Waals surface area contributed by atoms with Gasteiger partial charge in [-0.25, -0.2) is 4.68 Å². The first-order valence-electron chi connectivity index (χ1n) is 9.16. The Hall–Kier alpha value is -3.13. The molecule has 0 aliphatic carbocycles. The van der Waals surface area contributed by atoms with Gasteiger partial charge in [0.05, 0.1) is 36.9 Å².